The van der Waals surface area contributed by atoms with Crippen LogP contribution in [0.15, 0.2) is 36.4 Å². The summed E-state index contributed by atoms with van der Waals surface area (Å²) in [5.41, 5.74) is 0.741. The summed E-state index contributed by atoms with van der Waals surface area (Å²) in [5.74, 6) is 0.296. The van der Waals surface area contributed by atoms with Gasteiger partial charge in [-0.3, -0.25) is 0 Å². The summed E-state index contributed by atoms with van der Waals surface area (Å²) in [6, 6.07) is 8.15. The fourth-order valence-electron chi connectivity index (χ4n) is 4.42. The van der Waals surface area contributed by atoms with E-state index in [-0.39, 0.29) is 11.3 Å². The second-order valence-corrected chi connectivity index (χ2v) is 8.12. The first-order valence-corrected chi connectivity index (χ1v) is 10.1. The molecule has 1 saturated heterocycles. The number of alkyl halides is 5. The van der Waals surface area contributed by atoms with Gasteiger partial charge < -0.3 is 4.90 Å². The zero-order valence-corrected chi connectivity index (χ0v) is 17.2. The average molecular weight is 435 g/mol. The number of rotatable bonds is 3. The minimum absolute atomic E-state index is 0.0299. The summed E-state index contributed by atoms with van der Waals surface area (Å²) < 4.78 is 66.4. The molecule has 1 aromatic heterocycles. The topological polar surface area (TPSA) is 29.0 Å². The predicted octanol–water partition coefficient (Wildman–Crippen LogP) is 6.37. The second kappa shape index (κ2) is 8.15. The van der Waals surface area contributed by atoms with Gasteiger partial charge in [-0.2, -0.15) is 13.2 Å². The van der Waals surface area contributed by atoms with E-state index in [0.717, 1.165) is 54.5 Å². The molecular weight excluding hydrogens is 413 g/mol. The third-order valence-corrected chi connectivity index (χ3v) is 6.01. The molecule has 0 radical (unpaired) electrons. The van der Waals surface area contributed by atoms with Crippen LogP contribution >= 0.6 is 0 Å². The van der Waals surface area contributed by atoms with E-state index >= 15 is 0 Å². The Morgan fingerprint density at radius 1 is 1.10 bits per heavy atom. The molecule has 0 N–H and O–H groups in total. The fourth-order valence-corrected chi connectivity index (χ4v) is 4.42. The molecule has 1 aliphatic rings. The van der Waals surface area contributed by atoms with Crippen molar-refractivity contribution in [2.75, 3.05) is 20.1 Å². The molecule has 1 unspecified atom stereocenters. The van der Waals surface area contributed by atoms with Crippen molar-refractivity contribution in [1.82, 2.24) is 15.1 Å². The van der Waals surface area contributed by atoms with Crippen LogP contribution in [0.2, 0.25) is 0 Å². The summed E-state index contributed by atoms with van der Waals surface area (Å²) in [6.07, 6.45) is -5.67. The van der Waals surface area contributed by atoms with Gasteiger partial charge in [0.25, 0.3) is 6.43 Å². The van der Waals surface area contributed by atoms with E-state index in [1.54, 1.807) is 6.92 Å². The van der Waals surface area contributed by atoms with E-state index in [1.807, 2.05) is 18.2 Å². The molecule has 1 aliphatic heterocycles. The number of hydrogen-bond donors (Lipinski definition) is 0. The van der Waals surface area contributed by atoms with Crippen LogP contribution in [-0.4, -0.2) is 35.2 Å². The number of halogens is 5. The van der Waals surface area contributed by atoms with E-state index in [2.05, 4.69) is 22.1 Å². The molecule has 31 heavy (non-hydrogen) atoms. The van der Waals surface area contributed by atoms with Crippen LogP contribution in [0.1, 0.15) is 47.4 Å². The molecular formula is C23H22F5N3. The van der Waals surface area contributed by atoms with Gasteiger partial charge in [-0.25, -0.2) is 8.78 Å². The number of aromatic nitrogens is 2. The molecule has 3 nitrogen and oxygen atoms in total. The molecule has 2 heterocycles. The van der Waals surface area contributed by atoms with E-state index in [9.17, 15) is 22.0 Å². The smallest absolute Gasteiger partial charge is 0.306 e. The minimum Gasteiger partial charge on any atom is -0.306 e. The first kappa shape index (κ1) is 21.6. The summed E-state index contributed by atoms with van der Waals surface area (Å²) in [6.45, 7) is 3.69. The van der Waals surface area contributed by atoms with Crippen LogP contribution < -0.4 is 0 Å². The third kappa shape index (κ3) is 4.13. The predicted molar refractivity (Wildman–Crippen MR) is 109 cm³/mol. The lowest BCUT2D eigenvalue weighted by molar-refractivity contribution is -0.137. The molecule has 1 atom stereocenters. The van der Waals surface area contributed by atoms with Crippen LogP contribution in [0, 0.1) is 6.92 Å². The largest absolute Gasteiger partial charge is 0.416 e. The number of hydrogen-bond acceptors (Lipinski definition) is 3. The molecule has 1 fully saturated rings. The first-order valence-electron chi connectivity index (χ1n) is 10.1. The quantitative estimate of drug-likeness (QED) is 0.448. The minimum atomic E-state index is -4.70. The van der Waals surface area contributed by atoms with Crippen molar-refractivity contribution in [2.24, 2.45) is 0 Å². The van der Waals surface area contributed by atoms with E-state index < -0.39 is 23.7 Å². The number of benzene rings is 2. The van der Waals surface area contributed by atoms with Gasteiger partial charge in [-0.15, -0.1) is 10.2 Å². The average Bonchev–Trinajstić information content (AvgIpc) is 2.73. The van der Waals surface area contributed by atoms with Gasteiger partial charge in [0, 0.05) is 23.1 Å². The monoisotopic (exact) mass is 435 g/mol. The number of piperidine rings is 1. The lowest BCUT2D eigenvalue weighted by Gasteiger charge is -2.30. The Balaban J connectivity index is 1.84. The maximum absolute atomic E-state index is 13.7. The van der Waals surface area contributed by atoms with Crippen molar-refractivity contribution in [3.8, 4) is 11.3 Å². The van der Waals surface area contributed by atoms with Gasteiger partial charge in [0.15, 0.2) is 0 Å². The van der Waals surface area contributed by atoms with Gasteiger partial charge in [-0.05, 0) is 62.5 Å². The Kier molecular flexibility index (Phi) is 5.68. The summed E-state index contributed by atoms with van der Waals surface area (Å²) >= 11 is 0. The maximum Gasteiger partial charge on any atom is 0.416 e. The summed E-state index contributed by atoms with van der Waals surface area (Å²) in [4.78, 5) is 2.26. The standard InChI is InChI=1S/C23H22F5N3/c1-13-16-6-3-7-17(14-5-4-10-31(2)12-14)21(16)30-29-20(13)18-9-8-15(23(26,27)28)11-19(18)22(24)25/h3,6-9,11,14,22H,4-5,10,12H2,1-2H3. The molecule has 164 valence electrons. The van der Waals surface area contributed by atoms with Crippen molar-refractivity contribution < 1.29 is 22.0 Å². The molecule has 0 amide bonds. The molecule has 3 aromatic rings. The highest BCUT2D eigenvalue weighted by Crippen LogP contribution is 2.39. The molecule has 0 spiro atoms. The van der Waals surface area contributed by atoms with Gasteiger partial charge in [0.1, 0.15) is 0 Å². The zero-order valence-electron chi connectivity index (χ0n) is 17.2. The van der Waals surface area contributed by atoms with Crippen molar-refractivity contribution in [3.63, 3.8) is 0 Å². The number of likely N-dealkylation sites (N-methyl/N-ethyl adjacent to an activating group) is 1. The Morgan fingerprint density at radius 3 is 2.55 bits per heavy atom. The Bertz CT molecular complexity index is 1110. The molecule has 0 aliphatic carbocycles. The number of aryl methyl sites for hydroxylation is 1. The fraction of sp³-hybridized carbons (Fsp3) is 0.391. The summed E-state index contributed by atoms with van der Waals surface area (Å²) in [5, 5.41) is 9.34. The van der Waals surface area contributed by atoms with Gasteiger partial charge in [0.2, 0.25) is 0 Å². The molecule has 2 aromatic carbocycles. The number of nitrogens with zero attached hydrogens (tertiary/aromatic N) is 3. The van der Waals surface area contributed by atoms with E-state index in [1.165, 1.54) is 0 Å². The zero-order chi connectivity index (χ0) is 22.3. The third-order valence-electron chi connectivity index (χ3n) is 6.01. The Labute approximate surface area is 176 Å². The van der Waals surface area contributed by atoms with Crippen LogP contribution in [0.4, 0.5) is 22.0 Å². The van der Waals surface area contributed by atoms with Gasteiger partial charge >= 0.3 is 6.18 Å². The lowest BCUT2D eigenvalue weighted by atomic mass is 9.88. The summed E-state index contributed by atoms with van der Waals surface area (Å²) in [7, 11) is 2.07. The van der Waals surface area contributed by atoms with Crippen LogP contribution in [-0.2, 0) is 6.18 Å². The SMILES string of the molecule is Cc1c(-c2ccc(C(F)(F)F)cc2C(F)F)nnc2c(C3CCCN(C)C3)cccc12. The molecule has 0 bridgehead atoms. The second-order valence-electron chi connectivity index (χ2n) is 8.12. The van der Waals surface area contributed by atoms with Crippen LogP contribution in [0.5, 0.6) is 0 Å². The Morgan fingerprint density at radius 2 is 1.87 bits per heavy atom. The molecule has 0 saturated carbocycles. The number of fused-ring (bicyclic) bond motifs is 1. The van der Waals surface area contributed by atoms with Crippen molar-refractivity contribution in [1.29, 1.82) is 0 Å². The lowest BCUT2D eigenvalue weighted by Crippen LogP contribution is -2.31. The van der Waals surface area contributed by atoms with E-state index in [0.29, 0.717) is 17.5 Å². The Hall–Kier alpha value is -2.61. The molecule has 4 rings (SSSR count). The van der Waals surface area contributed by atoms with Gasteiger partial charge in [-0.1, -0.05) is 24.3 Å². The number of likely N-dealkylation sites (tertiary alicyclic amines) is 1. The highest BCUT2D eigenvalue weighted by molar-refractivity contribution is 5.89. The van der Waals surface area contributed by atoms with Crippen LogP contribution in [0.3, 0.4) is 0 Å². The van der Waals surface area contributed by atoms with E-state index in [4.69, 9.17) is 0 Å². The van der Waals surface area contributed by atoms with Gasteiger partial charge in [0.05, 0.1) is 16.8 Å². The van der Waals surface area contributed by atoms with Crippen molar-refractivity contribution >= 4 is 10.9 Å². The van der Waals surface area contributed by atoms with Crippen LogP contribution in [0.25, 0.3) is 22.2 Å². The first-order chi connectivity index (χ1) is 14.7. The van der Waals surface area contributed by atoms with Crippen molar-refractivity contribution in [2.45, 2.75) is 38.3 Å². The highest BCUT2D eigenvalue weighted by atomic mass is 19.4. The highest BCUT2D eigenvalue weighted by Gasteiger charge is 2.32. The molecule has 8 heteroatoms. The van der Waals surface area contributed by atoms with Crippen molar-refractivity contribution in [3.05, 3.63) is 58.7 Å². The maximum atomic E-state index is 13.7. The normalized spacial score (nSPS) is 18.1.